The van der Waals surface area contributed by atoms with Gasteiger partial charge in [-0.1, -0.05) is 12.1 Å². The van der Waals surface area contributed by atoms with Crippen LogP contribution in [0, 0.1) is 0 Å². The molecular formula is C9H8BrN3O. The topological polar surface area (TPSA) is 64.9 Å². The fraction of sp³-hybridized carbons (Fsp3) is 0.111. The number of benzene rings is 1. The summed E-state index contributed by atoms with van der Waals surface area (Å²) in [6, 6.07) is 7.59. The molecular weight excluding hydrogens is 246 g/mol. The van der Waals surface area contributed by atoms with Gasteiger partial charge in [-0.05, 0) is 17.7 Å². The van der Waals surface area contributed by atoms with Crippen molar-refractivity contribution in [2.75, 3.05) is 5.73 Å². The molecule has 0 atom stereocenters. The Morgan fingerprint density at radius 3 is 2.86 bits per heavy atom. The molecule has 1 heterocycles. The molecule has 0 amide bonds. The second kappa shape index (κ2) is 3.79. The highest BCUT2D eigenvalue weighted by atomic mass is 79.9. The molecule has 2 N–H and O–H groups in total. The number of anilines is 1. The Morgan fingerprint density at radius 1 is 1.36 bits per heavy atom. The smallest absolute Gasteiger partial charge is 0.284 e. The average molecular weight is 254 g/mol. The Morgan fingerprint density at radius 2 is 2.21 bits per heavy atom. The summed E-state index contributed by atoms with van der Waals surface area (Å²) in [5, 5.41) is 7.54. The number of nitrogens with two attached hydrogens (primary N) is 1. The van der Waals surface area contributed by atoms with Crippen LogP contribution < -0.4 is 5.73 Å². The molecule has 0 aliphatic carbocycles. The molecule has 0 saturated carbocycles. The Labute approximate surface area is 89.3 Å². The predicted molar refractivity (Wildman–Crippen MR) is 55.7 cm³/mol. The molecule has 72 valence electrons. The van der Waals surface area contributed by atoms with Gasteiger partial charge in [-0.3, -0.25) is 0 Å². The number of nitrogen functional groups attached to an aromatic ring is 1. The summed E-state index contributed by atoms with van der Waals surface area (Å²) in [5.41, 5.74) is 7.44. The minimum Gasteiger partial charge on any atom is -0.415 e. The van der Waals surface area contributed by atoms with Crippen LogP contribution in [0.15, 0.2) is 33.5 Å². The zero-order chi connectivity index (χ0) is 9.97. The molecule has 0 radical (unpaired) electrons. The number of aromatic nitrogens is 2. The molecule has 5 heteroatoms. The van der Waals surface area contributed by atoms with Crippen molar-refractivity contribution in [2.24, 2.45) is 0 Å². The van der Waals surface area contributed by atoms with Gasteiger partial charge in [-0.25, -0.2) is 0 Å². The fourth-order valence-corrected chi connectivity index (χ4v) is 1.45. The van der Waals surface area contributed by atoms with Crippen LogP contribution >= 0.6 is 15.9 Å². The van der Waals surface area contributed by atoms with Gasteiger partial charge >= 0.3 is 0 Å². The van der Waals surface area contributed by atoms with Crippen molar-refractivity contribution < 1.29 is 4.42 Å². The summed E-state index contributed by atoms with van der Waals surface area (Å²) in [6.45, 7) is 0. The molecule has 0 aliphatic rings. The van der Waals surface area contributed by atoms with Crippen molar-refractivity contribution >= 4 is 21.6 Å². The van der Waals surface area contributed by atoms with Gasteiger partial charge in [0, 0.05) is 21.6 Å². The van der Waals surface area contributed by atoms with E-state index in [-0.39, 0.29) is 0 Å². The number of hydrogen-bond acceptors (Lipinski definition) is 4. The van der Waals surface area contributed by atoms with Crippen molar-refractivity contribution in [3.8, 4) is 0 Å². The Bertz CT molecular complexity index is 441. The van der Waals surface area contributed by atoms with Crippen LogP contribution in [0.25, 0.3) is 0 Å². The second-order valence-electron chi connectivity index (χ2n) is 2.87. The molecule has 0 fully saturated rings. The average Bonchev–Trinajstić information content (AvgIpc) is 2.51. The van der Waals surface area contributed by atoms with Gasteiger partial charge in [0.05, 0.1) is 6.42 Å². The molecule has 4 nitrogen and oxygen atoms in total. The zero-order valence-corrected chi connectivity index (χ0v) is 8.86. The maximum Gasteiger partial charge on any atom is 0.284 e. The van der Waals surface area contributed by atoms with Crippen LogP contribution in [0.3, 0.4) is 0 Å². The van der Waals surface area contributed by atoms with E-state index in [9.17, 15) is 0 Å². The third-order valence-electron chi connectivity index (χ3n) is 1.75. The quantitative estimate of drug-likeness (QED) is 0.832. The Balaban J connectivity index is 2.18. The summed E-state index contributed by atoms with van der Waals surface area (Å²) in [4.78, 5) is 0.399. The van der Waals surface area contributed by atoms with Crippen molar-refractivity contribution in [3.05, 3.63) is 40.5 Å². The first kappa shape index (κ1) is 9.21. The van der Waals surface area contributed by atoms with Crippen molar-refractivity contribution in [1.29, 1.82) is 0 Å². The summed E-state index contributed by atoms with van der Waals surface area (Å²) in [7, 11) is 0. The van der Waals surface area contributed by atoms with Crippen LogP contribution in [0.2, 0.25) is 0 Å². The molecule has 2 rings (SSSR count). The third kappa shape index (κ3) is 2.11. The largest absolute Gasteiger partial charge is 0.415 e. The molecule has 2 aromatic rings. The maximum absolute atomic E-state index is 5.64. The Kier molecular flexibility index (Phi) is 2.49. The third-order valence-corrected chi connectivity index (χ3v) is 2.07. The van der Waals surface area contributed by atoms with Gasteiger partial charge in [-0.2, -0.15) is 0 Å². The normalized spacial score (nSPS) is 10.4. The fourth-order valence-electron chi connectivity index (χ4n) is 1.18. The van der Waals surface area contributed by atoms with Crippen molar-refractivity contribution in [3.63, 3.8) is 0 Å². The summed E-state index contributed by atoms with van der Waals surface area (Å²) < 4.78 is 5.18. The monoisotopic (exact) mass is 253 g/mol. The lowest BCUT2D eigenvalue weighted by atomic mass is 10.1. The molecule has 1 aromatic heterocycles. The molecule has 0 unspecified atom stereocenters. The first-order valence-electron chi connectivity index (χ1n) is 4.06. The van der Waals surface area contributed by atoms with Crippen LogP contribution in [0.1, 0.15) is 11.5 Å². The SMILES string of the molecule is Nc1cccc(Cc2nnc(Br)o2)c1. The predicted octanol–water partition coefficient (Wildman–Crippen LogP) is 2.01. The lowest BCUT2D eigenvalue weighted by molar-refractivity contribution is 0.482. The molecule has 0 spiro atoms. The first-order chi connectivity index (χ1) is 6.74. The number of rotatable bonds is 2. The number of hydrogen-bond donors (Lipinski definition) is 1. The van der Waals surface area contributed by atoms with Crippen molar-refractivity contribution in [1.82, 2.24) is 10.2 Å². The number of nitrogens with zero attached hydrogens (tertiary/aromatic N) is 2. The molecule has 0 bridgehead atoms. The van der Waals surface area contributed by atoms with E-state index in [0.717, 1.165) is 11.3 Å². The highest BCUT2D eigenvalue weighted by Crippen LogP contribution is 2.13. The van der Waals surface area contributed by atoms with Gasteiger partial charge in [0.2, 0.25) is 5.89 Å². The van der Waals surface area contributed by atoms with Gasteiger partial charge in [0.15, 0.2) is 0 Å². The molecule has 0 aliphatic heterocycles. The van der Waals surface area contributed by atoms with E-state index in [1.165, 1.54) is 0 Å². The van der Waals surface area contributed by atoms with E-state index in [4.69, 9.17) is 10.2 Å². The van der Waals surface area contributed by atoms with Gasteiger partial charge < -0.3 is 10.2 Å². The lowest BCUT2D eigenvalue weighted by Gasteiger charge is -1.97. The highest BCUT2D eigenvalue weighted by molar-refractivity contribution is 9.10. The van der Waals surface area contributed by atoms with Crippen molar-refractivity contribution in [2.45, 2.75) is 6.42 Å². The molecule has 14 heavy (non-hydrogen) atoms. The second-order valence-corrected chi connectivity index (χ2v) is 3.55. The minimum atomic E-state index is 0.399. The summed E-state index contributed by atoms with van der Waals surface area (Å²) in [6.07, 6.45) is 0.601. The zero-order valence-electron chi connectivity index (χ0n) is 7.27. The van der Waals surface area contributed by atoms with E-state index in [2.05, 4.69) is 26.1 Å². The standard InChI is InChI=1S/C9H8BrN3O/c10-9-13-12-8(14-9)5-6-2-1-3-7(11)4-6/h1-4H,5,11H2. The van der Waals surface area contributed by atoms with E-state index < -0.39 is 0 Å². The minimum absolute atomic E-state index is 0.399. The van der Waals surface area contributed by atoms with Crippen LogP contribution in [-0.2, 0) is 6.42 Å². The van der Waals surface area contributed by atoms with E-state index in [1.54, 1.807) is 0 Å². The van der Waals surface area contributed by atoms with E-state index in [0.29, 0.717) is 17.1 Å². The maximum atomic E-state index is 5.64. The molecule has 1 aromatic carbocycles. The van der Waals surface area contributed by atoms with E-state index in [1.807, 2.05) is 24.3 Å². The van der Waals surface area contributed by atoms with E-state index >= 15 is 0 Å². The lowest BCUT2D eigenvalue weighted by Crippen LogP contribution is -1.91. The van der Waals surface area contributed by atoms with Crippen LogP contribution in [0.5, 0.6) is 0 Å². The summed E-state index contributed by atoms with van der Waals surface area (Å²) in [5.74, 6) is 0.572. The first-order valence-corrected chi connectivity index (χ1v) is 4.85. The van der Waals surface area contributed by atoms with Gasteiger partial charge in [-0.15, -0.1) is 10.2 Å². The highest BCUT2D eigenvalue weighted by Gasteiger charge is 2.04. The van der Waals surface area contributed by atoms with Crippen LogP contribution in [0.4, 0.5) is 5.69 Å². The van der Waals surface area contributed by atoms with Crippen LogP contribution in [-0.4, -0.2) is 10.2 Å². The van der Waals surface area contributed by atoms with Gasteiger partial charge in [0.1, 0.15) is 0 Å². The Hall–Kier alpha value is -1.36. The van der Waals surface area contributed by atoms with Gasteiger partial charge in [0.25, 0.3) is 4.80 Å². The number of halogens is 1. The summed E-state index contributed by atoms with van der Waals surface area (Å²) >= 11 is 3.09. The molecule has 0 saturated heterocycles.